The van der Waals surface area contributed by atoms with E-state index in [-0.39, 0.29) is 0 Å². The van der Waals surface area contributed by atoms with E-state index in [9.17, 15) is 18.6 Å². The topological polar surface area (TPSA) is 151 Å². The summed E-state index contributed by atoms with van der Waals surface area (Å²) in [6, 6.07) is -0.690. The second-order valence-electron chi connectivity index (χ2n) is 4.66. The standard InChI is InChI=1S/C10H19N3O7S/c1-18-8-4-3-6(12-13-11)10(20-8)9(15)7(14)5-19-21(2,16)17/h6-10,14-15H,3-5H2,1-2H3/t6-,7-,8?,9+,10-/m0/s1. The van der Waals surface area contributed by atoms with Crippen LogP contribution in [-0.2, 0) is 23.8 Å². The Morgan fingerprint density at radius 1 is 1.48 bits per heavy atom. The second kappa shape index (κ2) is 7.90. The van der Waals surface area contributed by atoms with E-state index < -0.39 is 47.4 Å². The third kappa shape index (κ3) is 5.75. The van der Waals surface area contributed by atoms with E-state index in [0.717, 1.165) is 6.26 Å². The fourth-order valence-corrected chi connectivity index (χ4v) is 2.37. The van der Waals surface area contributed by atoms with Crippen molar-refractivity contribution in [3.63, 3.8) is 0 Å². The molecule has 0 aromatic heterocycles. The van der Waals surface area contributed by atoms with Gasteiger partial charge in [-0.25, -0.2) is 0 Å². The van der Waals surface area contributed by atoms with Crippen molar-refractivity contribution < 1.29 is 32.3 Å². The van der Waals surface area contributed by atoms with E-state index in [1.54, 1.807) is 0 Å². The molecular formula is C10H19N3O7S. The van der Waals surface area contributed by atoms with Crippen LogP contribution in [0.5, 0.6) is 0 Å². The van der Waals surface area contributed by atoms with Crippen LogP contribution in [0.15, 0.2) is 5.11 Å². The molecule has 1 unspecified atom stereocenters. The van der Waals surface area contributed by atoms with E-state index in [1.165, 1.54) is 7.11 Å². The summed E-state index contributed by atoms with van der Waals surface area (Å²) in [5.41, 5.74) is 8.51. The molecule has 0 amide bonds. The minimum absolute atomic E-state index is 0.407. The molecule has 0 aromatic rings. The first-order valence-electron chi connectivity index (χ1n) is 6.21. The van der Waals surface area contributed by atoms with Crippen molar-refractivity contribution in [1.29, 1.82) is 0 Å². The van der Waals surface area contributed by atoms with Gasteiger partial charge in [0, 0.05) is 12.0 Å². The van der Waals surface area contributed by atoms with Gasteiger partial charge in [0.15, 0.2) is 6.29 Å². The van der Waals surface area contributed by atoms with E-state index in [1.807, 2.05) is 0 Å². The molecule has 1 aliphatic heterocycles. The predicted octanol–water partition coefficient (Wildman–Crippen LogP) is -0.485. The lowest BCUT2D eigenvalue weighted by Crippen LogP contribution is -2.51. The Labute approximate surface area is 122 Å². The molecule has 0 aromatic carbocycles. The fraction of sp³-hybridized carbons (Fsp3) is 1.00. The van der Waals surface area contributed by atoms with Crippen LogP contribution in [0.2, 0.25) is 0 Å². The summed E-state index contributed by atoms with van der Waals surface area (Å²) in [5, 5.41) is 23.4. The van der Waals surface area contributed by atoms with E-state index in [2.05, 4.69) is 14.2 Å². The van der Waals surface area contributed by atoms with Crippen LogP contribution in [0, 0.1) is 0 Å². The summed E-state index contributed by atoms with van der Waals surface area (Å²) in [7, 11) is -2.32. The Bertz CT molecular complexity index is 479. The highest BCUT2D eigenvalue weighted by Gasteiger charge is 2.39. The zero-order valence-corrected chi connectivity index (χ0v) is 12.5. The average Bonchev–Trinajstić information content (AvgIpc) is 2.44. The molecule has 1 saturated heterocycles. The maximum atomic E-state index is 10.9. The SMILES string of the molecule is COC1CC[C@H](N=[N+]=[N-])[C@@H]([C@H](O)[C@@H](O)COS(C)(=O)=O)O1. The van der Waals surface area contributed by atoms with E-state index in [4.69, 9.17) is 15.0 Å². The van der Waals surface area contributed by atoms with Crippen LogP contribution in [0.4, 0.5) is 0 Å². The molecule has 0 spiro atoms. The second-order valence-corrected chi connectivity index (χ2v) is 6.31. The van der Waals surface area contributed by atoms with Gasteiger partial charge in [0.25, 0.3) is 10.1 Å². The normalized spacial score (nSPS) is 29.4. The first-order valence-corrected chi connectivity index (χ1v) is 8.03. The quantitative estimate of drug-likeness (QED) is 0.277. The van der Waals surface area contributed by atoms with E-state index in [0.29, 0.717) is 12.8 Å². The van der Waals surface area contributed by atoms with Crippen LogP contribution in [0.3, 0.4) is 0 Å². The summed E-state index contributed by atoms with van der Waals surface area (Å²) in [5.74, 6) is 0. The maximum absolute atomic E-state index is 10.9. The van der Waals surface area contributed by atoms with Crippen molar-refractivity contribution in [2.45, 2.75) is 43.5 Å². The van der Waals surface area contributed by atoms with Crippen molar-refractivity contribution in [1.82, 2.24) is 0 Å². The van der Waals surface area contributed by atoms with Crippen LogP contribution in [-0.4, -0.2) is 69.2 Å². The van der Waals surface area contributed by atoms with Crippen molar-refractivity contribution in [2.75, 3.05) is 20.0 Å². The summed E-state index contributed by atoms with van der Waals surface area (Å²) >= 11 is 0. The number of hydrogen-bond acceptors (Lipinski definition) is 8. The smallest absolute Gasteiger partial charge is 0.264 e. The highest BCUT2D eigenvalue weighted by Crippen LogP contribution is 2.26. The molecule has 1 rings (SSSR count). The van der Waals surface area contributed by atoms with Gasteiger partial charge in [-0.2, -0.15) is 8.42 Å². The fourth-order valence-electron chi connectivity index (χ4n) is 1.99. The van der Waals surface area contributed by atoms with Gasteiger partial charge >= 0.3 is 0 Å². The molecule has 0 aliphatic carbocycles. The van der Waals surface area contributed by atoms with E-state index >= 15 is 0 Å². The largest absolute Gasteiger partial charge is 0.388 e. The highest BCUT2D eigenvalue weighted by molar-refractivity contribution is 7.85. The molecular weight excluding hydrogens is 306 g/mol. The van der Waals surface area contributed by atoms with Crippen LogP contribution < -0.4 is 0 Å². The zero-order valence-electron chi connectivity index (χ0n) is 11.7. The van der Waals surface area contributed by atoms with Crippen molar-refractivity contribution in [2.24, 2.45) is 5.11 Å². The Balaban J connectivity index is 2.73. The van der Waals surface area contributed by atoms with Gasteiger partial charge in [0.05, 0.1) is 25.0 Å². The molecule has 11 heteroatoms. The number of aliphatic hydroxyl groups is 2. The lowest BCUT2D eigenvalue weighted by atomic mass is 9.95. The molecule has 0 saturated carbocycles. The van der Waals surface area contributed by atoms with Crippen molar-refractivity contribution in [3.8, 4) is 0 Å². The molecule has 10 nitrogen and oxygen atoms in total. The van der Waals surface area contributed by atoms with Gasteiger partial charge < -0.3 is 19.7 Å². The number of rotatable bonds is 7. The molecule has 1 fully saturated rings. The number of aliphatic hydroxyl groups excluding tert-OH is 2. The van der Waals surface area contributed by atoms with Crippen LogP contribution in [0.1, 0.15) is 12.8 Å². The highest BCUT2D eigenvalue weighted by atomic mass is 32.2. The number of methoxy groups -OCH3 is 1. The van der Waals surface area contributed by atoms with Gasteiger partial charge in [-0.3, -0.25) is 4.18 Å². The zero-order chi connectivity index (χ0) is 16.0. The predicted molar refractivity (Wildman–Crippen MR) is 70.6 cm³/mol. The van der Waals surface area contributed by atoms with Crippen molar-refractivity contribution >= 4 is 10.1 Å². The summed E-state index contributed by atoms with van der Waals surface area (Å²) in [6.07, 6.45) is -2.91. The number of nitrogens with zero attached hydrogens (tertiary/aromatic N) is 3. The minimum Gasteiger partial charge on any atom is -0.388 e. The number of ether oxygens (including phenoxy) is 2. The van der Waals surface area contributed by atoms with Gasteiger partial charge in [-0.15, -0.1) is 0 Å². The summed E-state index contributed by atoms with van der Waals surface area (Å²) in [6.45, 7) is -0.625. The molecule has 1 aliphatic rings. The van der Waals surface area contributed by atoms with Crippen molar-refractivity contribution in [3.05, 3.63) is 10.4 Å². The monoisotopic (exact) mass is 325 g/mol. The van der Waals surface area contributed by atoms with Gasteiger partial charge in [0.1, 0.15) is 12.2 Å². The summed E-state index contributed by atoms with van der Waals surface area (Å²) < 4.78 is 36.6. The Morgan fingerprint density at radius 3 is 2.67 bits per heavy atom. The van der Waals surface area contributed by atoms with Crippen LogP contribution in [0.25, 0.3) is 10.4 Å². The molecule has 5 atom stereocenters. The minimum atomic E-state index is -3.74. The molecule has 0 radical (unpaired) electrons. The first-order chi connectivity index (χ1) is 9.78. The first kappa shape index (κ1) is 18.1. The number of hydrogen-bond donors (Lipinski definition) is 2. The molecule has 1 heterocycles. The molecule has 2 N–H and O–H groups in total. The van der Waals surface area contributed by atoms with Crippen LogP contribution >= 0.6 is 0 Å². The van der Waals surface area contributed by atoms with Gasteiger partial charge in [-0.1, -0.05) is 5.11 Å². The Kier molecular flexibility index (Phi) is 6.81. The Hall–Kier alpha value is -0.940. The lowest BCUT2D eigenvalue weighted by molar-refractivity contribution is -0.221. The molecule has 122 valence electrons. The third-order valence-electron chi connectivity index (χ3n) is 3.03. The molecule has 0 bridgehead atoms. The summed E-state index contributed by atoms with van der Waals surface area (Å²) in [4.78, 5) is 2.67. The lowest BCUT2D eigenvalue weighted by Gasteiger charge is -2.37. The third-order valence-corrected chi connectivity index (χ3v) is 3.60. The number of azide groups is 1. The molecule has 21 heavy (non-hydrogen) atoms. The Morgan fingerprint density at radius 2 is 2.14 bits per heavy atom. The van der Waals surface area contributed by atoms with Gasteiger partial charge in [0.2, 0.25) is 0 Å². The maximum Gasteiger partial charge on any atom is 0.264 e. The average molecular weight is 325 g/mol. The van der Waals surface area contributed by atoms with Gasteiger partial charge in [-0.05, 0) is 18.4 Å².